The fourth-order valence-corrected chi connectivity index (χ4v) is 3.75. The van der Waals surface area contributed by atoms with Crippen LogP contribution in [0.1, 0.15) is 5.56 Å². The molecule has 0 fully saturated rings. The lowest BCUT2D eigenvalue weighted by Crippen LogP contribution is -2.05. The van der Waals surface area contributed by atoms with E-state index in [2.05, 4.69) is 55.6 Å². The van der Waals surface area contributed by atoms with Crippen molar-refractivity contribution in [3.05, 3.63) is 57.9 Å². The Kier molecular flexibility index (Phi) is 2.18. The van der Waals surface area contributed by atoms with E-state index in [1.54, 1.807) is 0 Å². The lowest BCUT2D eigenvalue weighted by molar-refractivity contribution is 1.23. The molecule has 0 saturated carbocycles. The molecule has 0 bridgehead atoms. The van der Waals surface area contributed by atoms with E-state index in [1.165, 1.54) is 15.0 Å². The molecule has 0 saturated heterocycles. The number of fused-ring (bicyclic) bond motifs is 2. The summed E-state index contributed by atoms with van der Waals surface area (Å²) in [6.07, 6.45) is 2.28. The fraction of sp³-hybridized carbons (Fsp3) is 0.143. The minimum absolute atomic E-state index is 0.156. The highest BCUT2D eigenvalue weighted by atomic mass is 32.2. The van der Waals surface area contributed by atoms with Crippen LogP contribution >= 0.6 is 10.5 Å². The van der Waals surface area contributed by atoms with Gasteiger partial charge in [0.2, 0.25) is 0 Å². The molecule has 3 rings (SSSR count). The van der Waals surface area contributed by atoms with Crippen LogP contribution in [0.3, 0.4) is 0 Å². The average molecular weight is 227 g/mol. The molecule has 1 unspecified atom stereocenters. The number of nitrogens with zero attached hydrogens (tertiary/aromatic N) is 1. The van der Waals surface area contributed by atoms with Gasteiger partial charge in [-0.3, -0.25) is 0 Å². The van der Waals surface area contributed by atoms with E-state index in [-0.39, 0.29) is 10.5 Å². The van der Waals surface area contributed by atoms with E-state index >= 15 is 0 Å². The Hall–Kier alpha value is -1.41. The Morgan fingerprint density at radius 1 is 1.06 bits per heavy atom. The number of rotatable bonds is 0. The molecule has 0 amide bonds. The van der Waals surface area contributed by atoms with E-state index in [0.29, 0.717) is 0 Å². The normalized spacial score (nSPS) is 17.2. The van der Waals surface area contributed by atoms with Gasteiger partial charge in [0.1, 0.15) is 0 Å². The van der Waals surface area contributed by atoms with Gasteiger partial charge < -0.3 is 0 Å². The number of hydrogen-bond acceptors (Lipinski definition) is 1. The van der Waals surface area contributed by atoms with Crippen LogP contribution in [0.2, 0.25) is 0 Å². The van der Waals surface area contributed by atoms with E-state index in [9.17, 15) is 0 Å². The third-order valence-electron chi connectivity index (χ3n) is 2.88. The summed E-state index contributed by atoms with van der Waals surface area (Å²) in [5.74, 6) is 0. The van der Waals surface area contributed by atoms with Gasteiger partial charge >= 0.3 is 0 Å². The smallest absolute Gasteiger partial charge is 0.0768 e. The maximum absolute atomic E-state index is 4.71. The summed E-state index contributed by atoms with van der Waals surface area (Å²) in [4.78, 5) is 6.08. The Morgan fingerprint density at radius 3 is 2.75 bits per heavy atom. The molecule has 0 aromatic heterocycles. The molecule has 0 N–H and O–H groups in total. The second-order valence-corrected chi connectivity index (χ2v) is 5.96. The van der Waals surface area contributed by atoms with Crippen LogP contribution in [-0.2, 0) is 0 Å². The van der Waals surface area contributed by atoms with E-state index in [0.717, 1.165) is 11.0 Å². The van der Waals surface area contributed by atoms with Crippen molar-refractivity contribution in [2.45, 2.75) is 11.8 Å². The van der Waals surface area contributed by atoms with Gasteiger partial charge in [0.15, 0.2) is 0 Å². The molecule has 0 spiro atoms. The van der Waals surface area contributed by atoms with Gasteiger partial charge in [-0.2, -0.15) is 0 Å². The molecule has 1 nitrogen and oxygen atoms in total. The summed E-state index contributed by atoms with van der Waals surface area (Å²) in [5.41, 5.74) is 2.45. The van der Waals surface area contributed by atoms with E-state index in [4.69, 9.17) is 4.99 Å². The molecule has 0 aliphatic carbocycles. The fourth-order valence-electron chi connectivity index (χ4n) is 2.02. The van der Waals surface area contributed by atoms with Crippen molar-refractivity contribution < 1.29 is 0 Å². The average Bonchev–Trinajstić information content (AvgIpc) is 2.31. The van der Waals surface area contributed by atoms with Crippen molar-refractivity contribution in [3.8, 4) is 0 Å². The van der Waals surface area contributed by atoms with Gasteiger partial charge in [0, 0.05) is 9.41 Å². The first-order valence-corrected chi connectivity index (χ1v) is 6.96. The molecule has 2 heteroatoms. The first-order valence-electron chi connectivity index (χ1n) is 5.33. The molecule has 1 heterocycles. The third kappa shape index (κ3) is 1.41. The third-order valence-corrected chi connectivity index (χ3v) is 4.87. The summed E-state index contributed by atoms with van der Waals surface area (Å²) in [7, 11) is 0.156. The largest absolute Gasteiger partial charge is 0.247 e. The van der Waals surface area contributed by atoms with Gasteiger partial charge in [0.05, 0.1) is 11.0 Å². The SMILES string of the molecule is Cc1ccc2c(c1)S(C)=c1ccccc1=N2. The number of aryl methyl sites for hydroxylation is 1. The van der Waals surface area contributed by atoms with Crippen LogP contribution in [0, 0.1) is 11.4 Å². The first kappa shape index (κ1) is 9.79. The lowest BCUT2D eigenvalue weighted by Gasteiger charge is -2.13. The number of benzene rings is 2. The van der Waals surface area contributed by atoms with Crippen molar-refractivity contribution in [1.29, 1.82) is 0 Å². The highest BCUT2D eigenvalue weighted by Gasteiger charge is 2.08. The van der Waals surface area contributed by atoms with E-state index < -0.39 is 0 Å². The molecular formula is C14H13NS. The van der Waals surface area contributed by atoms with Crippen molar-refractivity contribution in [1.82, 2.24) is 0 Å². The summed E-state index contributed by atoms with van der Waals surface area (Å²) in [6.45, 7) is 2.14. The Bertz CT molecular complexity index is 686. The Labute approximate surface area is 97.4 Å². The zero-order valence-electron chi connectivity index (χ0n) is 9.40. The Balaban J connectivity index is 2.46. The minimum Gasteiger partial charge on any atom is -0.247 e. The standard InChI is InChI=1S/C14H13NS/c1-10-7-8-12-14(9-10)16(2)13-6-4-3-5-11(13)15-12/h3-9H,1-2H3. The van der Waals surface area contributed by atoms with Crippen LogP contribution < -0.4 is 5.36 Å². The highest BCUT2D eigenvalue weighted by Crippen LogP contribution is 2.36. The predicted octanol–water partition coefficient (Wildman–Crippen LogP) is 3.47. The summed E-state index contributed by atoms with van der Waals surface area (Å²) >= 11 is 0. The van der Waals surface area contributed by atoms with Crippen molar-refractivity contribution in [2.75, 3.05) is 6.26 Å². The van der Waals surface area contributed by atoms with Crippen LogP contribution in [0.25, 0.3) is 0 Å². The topological polar surface area (TPSA) is 12.4 Å². The van der Waals surface area contributed by atoms with Gasteiger partial charge in [0.25, 0.3) is 0 Å². The molecular weight excluding hydrogens is 214 g/mol. The van der Waals surface area contributed by atoms with E-state index in [1.807, 2.05) is 0 Å². The first-order chi connectivity index (χ1) is 7.75. The Morgan fingerprint density at radius 2 is 1.88 bits per heavy atom. The molecule has 1 aliphatic rings. The molecule has 16 heavy (non-hydrogen) atoms. The quantitative estimate of drug-likeness (QED) is 0.611. The molecule has 80 valence electrons. The molecule has 2 aromatic carbocycles. The van der Waals surface area contributed by atoms with Crippen molar-refractivity contribution in [3.63, 3.8) is 0 Å². The summed E-state index contributed by atoms with van der Waals surface area (Å²) in [5, 5.41) is 1.13. The van der Waals surface area contributed by atoms with Gasteiger partial charge in [-0.25, -0.2) is 4.99 Å². The summed E-state index contributed by atoms with van der Waals surface area (Å²) < 4.78 is 1.36. The maximum Gasteiger partial charge on any atom is 0.0768 e. The highest BCUT2D eigenvalue weighted by molar-refractivity contribution is 8.09. The van der Waals surface area contributed by atoms with Crippen LogP contribution in [0.5, 0.6) is 0 Å². The number of para-hydroxylation sites is 1. The molecule has 1 aliphatic heterocycles. The van der Waals surface area contributed by atoms with Gasteiger partial charge in [-0.1, -0.05) is 18.2 Å². The lowest BCUT2D eigenvalue weighted by atomic mass is 10.2. The maximum atomic E-state index is 4.71. The van der Waals surface area contributed by atoms with Gasteiger partial charge in [-0.15, -0.1) is 10.5 Å². The van der Waals surface area contributed by atoms with Crippen molar-refractivity contribution in [2.24, 2.45) is 4.99 Å². The predicted molar refractivity (Wildman–Crippen MR) is 69.1 cm³/mol. The van der Waals surface area contributed by atoms with Gasteiger partial charge in [-0.05, 0) is 43.0 Å². The van der Waals surface area contributed by atoms with Crippen LogP contribution in [0.15, 0.2) is 52.4 Å². The van der Waals surface area contributed by atoms with Crippen molar-refractivity contribution >= 4 is 16.2 Å². The minimum atomic E-state index is 0.156. The van der Waals surface area contributed by atoms with Crippen LogP contribution in [-0.4, -0.2) is 6.26 Å². The second-order valence-electron chi connectivity index (χ2n) is 4.06. The molecule has 1 atom stereocenters. The zero-order valence-corrected chi connectivity index (χ0v) is 10.2. The zero-order chi connectivity index (χ0) is 11.1. The molecule has 2 aromatic rings. The monoisotopic (exact) mass is 227 g/mol. The number of hydrogen-bond donors (Lipinski definition) is 0. The second kappa shape index (κ2) is 3.56. The van der Waals surface area contributed by atoms with Crippen LogP contribution in [0.4, 0.5) is 5.69 Å². The molecule has 0 radical (unpaired) electrons. The summed E-state index contributed by atoms with van der Waals surface area (Å²) in [6, 6.07) is 15.0.